The number of amides is 1. The Morgan fingerprint density at radius 2 is 1.90 bits per heavy atom. The summed E-state index contributed by atoms with van der Waals surface area (Å²) in [6.45, 7) is 5.60. The molecule has 0 fully saturated rings. The quantitative estimate of drug-likeness (QED) is 0.553. The second-order valence-corrected chi connectivity index (χ2v) is 2.81. The zero-order valence-corrected chi connectivity index (χ0v) is 6.66. The fourth-order valence-corrected chi connectivity index (χ4v) is 0.783. The predicted octanol–water partition coefficient (Wildman–Crippen LogP) is 0.138. The molecule has 2 N–H and O–H groups in total. The highest BCUT2D eigenvalue weighted by Gasteiger charge is 2.15. The molecule has 0 aromatic carbocycles. The van der Waals surface area contributed by atoms with Gasteiger partial charge in [0.05, 0.1) is 12.1 Å². The number of hydrogen-bond acceptors (Lipinski definition) is 2. The van der Waals surface area contributed by atoms with Crippen molar-refractivity contribution in [1.29, 1.82) is 0 Å². The molecule has 0 heterocycles. The van der Waals surface area contributed by atoms with Gasteiger partial charge in [0.1, 0.15) is 0 Å². The van der Waals surface area contributed by atoms with Crippen molar-refractivity contribution in [1.82, 2.24) is 5.32 Å². The van der Waals surface area contributed by atoms with Gasteiger partial charge >= 0.3 is 0 Å². The van der Waals surface area contributed by atoms with Crippen LogP contribution in [0.1, 0.15) is 20.8 Å². The third-order valence-electron chi connectivity index (χ3n) is 1.53. The smallest absolute Gasteiger partial charge is 0.207 e. The van der Waals surface area contributed by atoms with Crippen LogP contribution in [0.2, 0.25) is 0 Å². The molecular weight excluding hydrogens is 130 g/mol. The third kappa shape index (κ3) is 2.82. The van der Waals surface area contributed by atoms with E-state index in [0.717, 1.165) is 0 Å². The summed E-state index contributed by atoms with van der Waals surface area (Å²) in [4.78, 5) is 9.92. The lowest BCUT2D eigenvalue weighted by Gasteiger charge is -2.20. The Balaban J connectivity index is 3.68. The number of aliphatic hydroxyl groups is 1. The number of rotatable bonds is 4. The van der Waals surface area contributed by atoms with E-state index in [-0.39, 0.29) is 12.0 Å². The molecule has 0 rings (SSSR count). The maximum atomic E-state index is 9.92. The average molecular weight is 145 g/mol. The summed E-state index contributed by atoms with van der Waals surface area (Å²) in [6.07, 6.45) is 0.154. The molecule has 2 atom stereocenters. The molecule has 0 saturated carbocycles. The summed E-state index contributed by atoms with van der Waals surface area (Å²) in [5.41, 5.74) is 0. The van der Waals surface area contributed by atoms with Crippen LogP contribution >= 0.6 is 0 Å². The second-order valence-electron chi connectivity index (χ2n) is 2.81. The monoisotopic (exact) mass is 145 g/mol. The molecule has 0 aromatic rings. The Labute approximate surface area is 61.4 Å². The standard InChI is InChI=1S/C7H15NO2/c1-5(2)7(10)6(3)8-4-9/h4-7,10H,1-3H3,(H,8,9)/t6-,7-/m1/s1. The molecule has 0 saturated heterocycles. The van der Waals surface area contributed by atoms with Gasteiger partial charge in [0.2, 0.25) is 6.41 Å². The molecule has 0 unspecified atom stereocenters. The zero-order valence-electron chi connectivity index (χ0n) is 6.66. The normalized spacial score (nSPS) is 16.5. The van der Waals surface area contributed by atoms with Crippen molar-refractivity contribution in [3.8, 4) is 0 Å². The fraction of sp³-hybridized carbons (Fsp3) is 0.857. The van der Waals surface area contributed by atoms with Crippen molar-refractivity contribution in [3.05, 3.63) is 0 Å². The molecule has 0 aliphatic heterocycles. The first-order chi connectivity index (χ1) is 4.59. The maximum absolute atomic E-state index is 9.92. The van der Waals surface area contributed by atoms with Crippen molar-refractivity contribution in [2.75, 3.05) is 0 Å². The van der Waals surface area contributed by atoms with Gasteiger partial charge in [0, 0.05) is 0 Å². The Kier molecular flexibility index (Phi) is 4.03. The topological polar surface area (TPSA) is 49.3 Å². The minimum absolute atomic E-state index is 0.155. The Hall–Kier alpha value is -0.570. The first kappa shape index (κ1) is 9.43. The first-order valence-corrected chi connectivity index (χ1v) is 3.47. The molecule has 3 nitrogen and oxygen atoms in total. The molecule has 10 heavy (non-hydrogen) atoms. The number of nitrogens with one attached hydrogen (secondary N) is 1. The van der Waals surface area contributed by atoms with Gasteiger partial charge in [-0.1, -0.05) is 13.8 Å². The summed E-state index contributed by atoms with van der Waals surface area (Å²) >= 11 is 0. The van der Waals surface area contributed by atoms with Crippen LogP contribution in [0.3, 0.4) is 0 Å². The van der Waals surface area contributed by atoms with E-state index in [4.69, 9.17) is 0 Å². The summed E-state index contributed by atoms with van der Waals surface area (Å²) < 4.78 is 0. The Morgan fingerprint density at radius 3 is 2.20 bits per heavy atom. The van der Waals surface area contributed by atoms with E-state index < -0.39 is 6.10 Å². The van der Waals surface area contributed by atoms with E-state index in [2.05, 4.69) is 5.32 Å². The van der Waals surface area contributed by atoms with Crippen LogP contribution in [0.25, 0.3) is 0 Å². The van der Waals surface area contributed by atoms with Gasteiger partial charge in [-0.15, -0.1) is 0 Å². The lowest BCUT2D eigenvalue weighted by Crippen LogP contribution is -2.39. The number of carbonyl (C=O) groups is 1. The lowest BCUT2D eigenvalue weighted by atomic mass is 10.0. The largest absolute Gasteiger partial charge is 0.391 e. The third-order valence-corrected chi connectivity index (χ3v) is 1.53. The van der Waals surface area contributed by atoms with E-state index in [1.165, 1.54) is 0 Å². The summed E-state index contributed by atoms with van der Waals surface area (Å²) in [5, 5.41) is 11.8. The van der Waals surface area contributed by atoms with Crippen LogP contribution in [0.5, 0.6) is 0 Å². The van der Waals surface area contributed by atoms with E-state index in [0.29, 0.717) is 6.41 Å². The second kappa shape index (κ2) is 4.28. The average Bonchev–Trinajstić information content (AvgIpc) is 1.87. The number of hydrogen-bond donors (Lipinski definition) is 2. The summed E-state index contributed by atoms with van der Waals surface area (Å²) in [5.74, 6) is 0.183. The molecule has 0 spiro atoms. The van der Waals surface area contributed by atoms with E-state index >= 15 is 0 Å². The van der Waals surface area contributed by atoms with Crippen molar-refractivity contribution in [2.45, 2.75) is 32.9 Å². The van der Waals surface area contributed by atoms with Crippen LogP contribution in [-0.4, -0.2) is 23.7 Å². The van der Waals surface area contributed by atoms with Crippen LogP contribution in [0, 0.1) is 5.92 Å². The van der Waals surface area contributed by atoms with Gasteiger partial charge in [-0.05, 0) is 12.8 Å². The van der Waals surface area contributed by atoms with Crippen LogP contribution < -0.4 is 5.32 Å². The molecule has 1 amide bonds. The molecule has 0 radical (unpaired) electrons. The summed E-state index contributed by atoms with van der Waals surface area (Å²) in [6, 6.07) is -0.155. The highest BCUT2D eigenvalue weighted by atomic mass is 16.3. The lowest BCUT2D eigenvalue weighted by molar-refractivity contribution is -0.111. The highest BCUT2D eigenvalue weighted by molar-refractivity contribution is 5.46. The van der Waals surface area contributed by atoms with Crippen LogP contribution in [0.4, 0.5) is 0 Å². The minimum atomic E-state index is -0.454. The molecule has 0 aliphatic rings. The minimum Gasteiger partial charge on any atom is -0.391 e. The van der Waals surface area contributed by atoms with Crippen molar-refractivity contribution in [2.24, 2.45) is 5.92 Å². The van der Waals surface area contributed by atoms with E-state index in [1.54, 1.807) is 6.92 Å². The summed E-state index contributed by atoms with van der Waals surface area (Å²) in [7, 11) is 0. The molecule has 0 bridgehead atoms. The SMILES string of the molecule is CC(C)[C@@H](O)[C@@H](C)NC=O. The van der Waals surface area contributed by atoms with E-state index in [9.17, 15) is 9.90 Å². The van der Waals surface area contributed by atoms with Gasteiger partial charge in [-0.3, -0.25) is 4.79 Å². The molecule has 60 valence electrons. The predicted molar refractivity (Wildman–Crippen MR) is 39.5 cm³/mol. The maximum Gasteiger partial charge on any atom is 0.207 e. The van der Waals surface area contributed by atoms with Gasteiger partial charge in [-0.2, -0.15) is 0 Å². The zero-order chi connectivity index (χ0) is 8.15. The van der Waals surface area contributed by atoms with Crippen molar-refractivity contribution in [3.63, 3.8) is 0 Å². The fourth-order valence-electron chi connectivity index (χ4n) is 0.783. The first-order valence-electron chi connectivity index (χ1n) is 3.47. The van der Waals surface area contributed by atoms with Crippen molar-refractivity contribution < 1.29 is 9.90 Å². The molecule has 0 aliphatic carbocycles. The molecular formula is C7H15NO2. The van der Waals surface area contributed by atoms with Gasteiger partial charge in [0.25, 0.3) is 0 Å². The van der Waals surface area contributed by atoms with Crippen molar-refractivity contribution >= 4 is 6.41 Å². The van der Waals surface area contributed by atoms with Crippen LogP contribution in [-0.2, 0) is 4.79 Å². The molecule has 0 aromatic heterocycles. The van der Waals surface area contributed by atoms with Gasteiger partial charge in [0.15, 0.2) is 0 Å². The molecule has 3 heteroatoms. The van der Waals surface area contributed by atoms with Crippen LogP contribution in [0.15, 0.2) is 0 Å². The van der Waals surface area contributed by atoms with Gasteiger partial charge < -0.3 is 10.4 Å². The van der Waals surface area contributed by atoms with E-state index in [1.807, 2.05) is 13.8 Å². The number of aliphatic hydroxyl groups excluding tert-OH is 1. The number of carbonyl (C=O) groups excluding carboxylic acids is 1. The Morgan fingerprint density at radius 1 is 1.40 bits per heavy atom. The van der Waals surface area contributed by atoms with Gasteiger partial charge in [-0.25, -0.2) is 0 Å². The Bertz CT molecular complexity index is 104. The highest BCUT2D eigenvalue weighted by Crippen LogP contribution is 2.04.